The molecule has 1 N–H and O–H groups in total. The van der Waals surface area contributed by atoms with Crippen molar-refractivity contribution in [3.05, 3.63) is 0 Å². The summed E-state index contributed by atoms with van der Waals surface area (Å²) in [7, 11) is 0. The smallest absolute Gasteiger partial charge is 0.223 e. The molecule has 0 saturated carbocycles. The summed E-state index contributed by atoms with van der Waals surface area (Å²) < 4.78 is 0. The number of carbonyl (C=O) groups excluding carboxylic acids is 1. The first-order chi connectivity index (χ1) is 5.45. The zero-order valence-corrected chi connectivity index (χ0v) is 9.17. The zero-order valence-electron chi connectivity index (χ0n) is 7.66. The van der Waals surface area contributed by atoms with Gasteiger partial charge in [-0.2, -0.15) is 0 Å². The van der Waals surface area contributed by atoms with Gasteiger partial charge in [0.1, 0.15) is 0 Å². The molecule has 0 rings (SSSR count). The number of carbonyl (C=O) groups is 1. The Kier molecular flexibility index (Phi) is 4.95. The summed E-state index contributed by atoms with van der Waals surface area (Å²) in [6.07, 6.45) is 0. The van der Waals surface area contributed by atoms with Gasteiger partial charge in [-0.15, -0.1) is 23.2 Å². The van der Waals surface area contributed by atoms with E-state index in [0.717, 1.165) is 0 Å². The molecule has 4 heteroatoms. The van der Waals surface area contributed by atoms with Gasteiger partial charge in [0.2, 0.25) is 5.91 Å². The topological polar surface area (TPSA) is 29.1 Å². The van der Waals surface area contributed by atoms with E-state index < -0.39 is 5.54 Å². The molecule has 72 valence electrons. The molecule has 0 radical (unpaired) electrons. The first-order valence-electron chi connectivity index (χ1n) is 3.89. The standard InChI is InChI=1S/C8H15Cl2NO/c1-6(2)7(12)11-8(3,4-9)5-10/h6H,4-5H2,1-3H3,(H,11,12). The van der Waals surface area contributed by atoms with Crippen LogP contribution in [-0.4, -0.2) is 23.2 Å². The van der Waals surface area contributed by atoms with Gasteiger partial charge in [0.05, 0.1) is 5.54 Å². The van der Waals surface area contributed by atoms with Gasteiger partial charge in [-0.05, 0) is 6.92 Å². The van der Waals surface area contributed by atoms with Crippen LogP contribution in [0.4, 0.5) is 0 Å². The van der Waals surface area contributed by atoms with Gasteiger partial charge in [-0.25, -0.2) is 0 Å². The summed E-state index contributed by atoms with van der Waals surface area (Å²) in [4.78, 5) is 11.2. The molecule has 0 saturated heterocycles. The molecule has 0 aliphatic carbocycles. The monoisotopic (exact) mass is 211 g/mol. The predicted octanol–water partition coefficient (Wildman–Crippen LogP) is 1.99. The molecule has 1 amide bonds. The third-order valence-corrected chi connectivity index (χ3v) is 2.72. The van der Waals surface area contributed by atoms with Crippen LogP contribution < -0.4 is 5.32 Å². The molecule has 0 spiro atoms. The second-order valence-electron chi connectivity index (χ2n) is 3.47. The van der Waals surface area contributed by atoms with Crippen LogP contribution >= 0.6 is 23.2 Å². The molecular weight excluding hydrogens is 197 g/mol. The van der Waals surface area contributed by atoms with E-state index in [9.17, 15) is 4.79 Å². The quantitative estimate of drug-likeness (QED) is 0.709. The highest BCUT2D eigenvalue weighted by atomic mass is 35.5. The maximum atomic E-state index is 11.2. The summed E-state index contributed by atoms with van der Waals surface area (Å²) in [6.45, 7) is 5.49. The lowest BCUT2D eigenvalue weighted by atomic mass is 10.1. The SMILES string of the molecule is CC(C)C(=O)NC(C)(CCl)CCl. The highest BCUT2D eigenvalue weighted by Crippen LogP contribution is 2.09. The van der Waals surface area contributed by atoms with Crippen molar-refractivity contribution in [1.29, 1.82) is 0 Å². The van der Waals surface area contributed by atoms with E-state index in [4.69, 9.17) is 23.2 Å². The van der Waals surface area contributed by atoms with Crippen LogP contribution in [0.3, 0.4) is 0 Å². The minimum absolute atomic E-state index is 0.0150. The second kappa shape index (κ2) is 4.93. The second-order valence-corrected chi connectivity index (χ2v) is 4.01. The van der Waals surface area contributed by atoms with E-state index in [0.29, 0.717) is 11.8 Å². The largest absolute Gasteiger partial charge is 0.348 e. The van der Waals surface area contributed by atoms with E-state index in [2.05, 4.69) is 5.32 Å². The van der Waals surface area contributed by atoms with Gasteiger partial charge in [0.25, 0.3) is 0 Å². The summed E-state index contributed by atoms with van der Waals surface area (Å²) >= 11 is 11.3. The van der Waals surface area contributed by atoms with Crippen molar-refractivity contribution in [3.63, 3.8) is 0 Å². The number of amides is 1. The molecule has 0 aromatic heterocycles. The molecule has 2 nitrogen and oxygen atoms in total. The van der Waals surface area contributed by atoms with Crippen LogP contribution in [0.1, 0.15) is 20.8 Å². The number of hydrogen-bond acceptors (Lipinski definition) is 1. The molecule has 12 heavy (non-hydrogen) atoms. The molecular formula is C8H15Cl2NO. The number of nitrogens with one attached hydrogen (secondary N) is 1. The number of rotatable bonds is 4. The van der Waals surface area contributed by atoms with Crippen molar-refractivity contribution < 1.29 is 4.79 Å². The number of alkyl halides is 2. The Morgan fingerprint density at radius 3 is 2.08 bits per heavy atom. The fourth-order valence-electron chi connectivity index (χ4n) is 0.544. The van der Waals surface area contributed by atoms with E-state index in [1.54, 1.807) is 0 Å². The maximum absolute atomic E-state index is 11.2. The van der Waals surface area contributed by atoms with Crippen LogP contribution in [0, 0.1) is 5.92 Å². The normalized spacial score (nSPS) is 11.8. The summed E-state index contributed by atoms with van der Waals surface area (Å²) in [5, 5.41) is 2.79. The van der Waals surface area contributed by atoms with Crippen molar-refractivity contribution in [2.45, 2.75) is 26.3 Å². The third-order valence-electron chi connectivity index (χ3n) is 1.54. The van der Waals surface area contributed by atoms with E-state index in [-0.39, 0.29) is 11.8 Å². The lowest BCUT2D eigenvalue weighted by Crippen LogP contribution is -2.50. The van der Waals surface area contributed by atoms with Gasteiger partial charge >= 0.3 is 0 Å². The first kappa shape index (κ1) is 12.0. The van der Waals surface area contributed by atoms with Crippen molar-refractivity contribution >= 4 is 29.1 Å². The Morgan fingerprint density at radius 2 is 1.83 bits per heavy atom. The Labute approximate surface area is 83.6 Å². The van der Waals surface area contributed by atoms with E-state index >= 15 is 0 Å². The third kappa shape index (κ3) is 3.63. The summed E-state index contributed by atoms with van der Waals surface area (Å²) in [6, 6.07) is 0. The fraction of sp³-hybridized carbons (Fsp3) is 0.875. The van der Waals surface area contributed by atoms with Gasteiger partial charge in [0.15, 0.2) is 0 Å². The van der Waals surface area contributed by atoms with Crippen molar-refractivity contribution in [2.75, 3.05) is 11.8 Å². The van der Waals surface area contributed by atoms with Gasteiger partial charge in [-0.3, -0.25) is 4.79 Å². The highest BCUT2D eigenvalue weighted by molar-refractivity contribution is 6.22. The fourth-order valence-corrected chi connectivity index (χ4v) is 0.964. The minimum Gasteiger partial charge on any atom is -0.348 e. The van der Waals surface area contributed by atoms with Crippen molar-refractivity contribution in [2.24, 2.45) is 5.92 Å². The van der Waals surface area contributed by atoms with Crippen LogP contribution in [0.2, 0.25) is 0 Å². The first-order valence-corrected chi connectivity index (χ1v) is 4.96. The molecule has 0 aliphatic rings. The number of hydrogen-bond donors (Lipinski definition) is 1. The summed E-state index contributed by atoms with van der Waals surface area (Å²) in [5.41, 5.74) is -0.482. The van der Waals surface area contributed by atoms with E-state index in [1.165, 1.54) is 0 Å². The average Bonchev–Trinajstić information content (AvgIpc) is 2.04. The van der Waals surface area contributed by atoms with Gasteiger partial charge in [0, 0.05) is 17.7 Å². The minimum atomic E-state index is -0.482. The van der Waals surface area contributed by atoms with Crippen molar-refractivity contribution in [3.8, 4) is 0 Å². The van der Waals surface area contributed by atoms with Gasteiger partial charge in [-0.1, -0.05) is 13.8 Å². The Hall–Kier alpha value is 0.0500. The molecule has 0 bridgehead atoms. The average molecular weight is 212 g/mol. The van der Waals surface area contributed by atoms with Crippen LogP contribution in [0.15, 0.2) is 0 Å². The number of halogens is 2. The molecule has 0 aromatic rings. The molecule has 0 atom stereocenters. The molecule has 0 aliphatic heterocycles. The Balaban J connectivity index is 4.12. The van der Waals surface area contributed by atoms with Crippen LogP contribution in [0.5, 0.6) is 0 Å². The Bertz CT molecular complexity index is 155. The van der Waals surface area contributed by atoms with Crippen LogP contribution in [-0.2, 0) is 4.79 Å². The molecule has 0 aromatic carbocycles. The molecule has 0 unspecified atom stereocenters. The Morgan fingerprint density at radius 1 is 1.42 bits per heavy atom. The lowest BCUT2D eigenvalue weighted by Gasteiger charge is -2.26. The maximum Gasteiger partial charge on any atom is 0.223 e. The van der Waals surface area contributed by atoms with Crippen molar-refractivity contribution in [1.82, 2.24) is 5.32 Å². The van der Waals surface area contributed by atoms with E-state index in [1.807, 2.05) is 20.8 Å². The lowest BCUT2D eigenvalue weighted by molar-refractivity contribution is -0.125. The predicted molar refractivity (Wildman–Crippen MR) is 52.8 cm³/mol. The highest BCUT2D eigenvalue weighted by Gasteiger charge is 2.24. The van der Waals surface area contributed by atoms with Crippen LogP contribution in [0.25, 0.3) is 0 Å². The molecule has 0 fully saturated rings. The summed E-state index contributed by atoms with van der Waals surface area (Å²) in [5.74, 6) is 0.610. The zero-order chi connectivity index (χ0) is 9.78. The molecule has 0 heterocycles. The van der Waals surface area contributed by atoms with Gasteiger partial charge < -0.3 is 5.32 Å².